The number of hydrogen-bond acceptors (Lipinski definition) is 5. The van der Waals surface area contributed by atoms with Crippen LogP contribution in [0.2, 0.25) is 0 Å². The van der Waals surface area contributed by atoms with Gasteiger partial charge in [-0.1, -0.05) is 12.1 Å². The molecule has 0 unspecified atom stereocenters. The van der Waals surface area contributed by atoms with Crippen LogP contribution in [0.5, 0.6) is 0 Å². The Morgan fingerprint density at radius 3 is 2.73 bits per heavy atom. The van der Waals surface area contributed by atoms with Gasteiger partial charge in [-0.05, 0) is 24.3 Å². The van der Waals surface area contributed by atoms with Gasteiger partial charge in [-0.15, -0.1) is 0 Å². The zero-order valence-electron chi connectivity index (χ0n) is 14.3. The van der Waals surface area contributed by atoms with E-state index in [0.717, 1.165) is 5.69 Å². The van der Waals surface area contributed by atoms with E-state index in [9.17, 15) is 9.59 Å². The van der Waals surface area contributed by atoms with Gasteiger partial charge in [0, 0.05) is 26.0 Å². The smallest absolute Gasteiger partial charge is 0.288 e. The van der Waals surface area contributed by atoms with Gasteiger partial charge in [0.05, 0.1) is 24.4 Å². The molecule has 0 saturated carbocycles. The Morgan fingerprint density at radius 1 is 1.12 bits per heavy atom. The van der Waals surface area contributed by atoms with Gasteiger partial charge < -0.3 is 15.4 Å². The van der Waals surface area contributed by atoms with E-state index in [1.807, 2.05) is 18.2 Å². The molecule has 0 spiro atoms. The first-order valence-electron chi connectivity index (χ1n) is 8.13. The Morgan fingerprint density at radius 2 is 1.96 bits per heavy atom. The number of pyridine rings is 2. The second-order valence-corrected chi connectivity index (χ2v) is 5.49. The van der Waals surface area contributed by atoms with Crippen LogP contribution in [0.15, 0.2) is 48.8 Å². The summed E-state index contributed by atoms with van der Waals surface area (Å²) in [4.78, 5) is 33.3. The molecule has 0 aliphatic carbocycles. The van der Waals surface area contributed by atoms with Gasteiger partial charge in [-0.2, -0.15) is 0 Å². The van der Waals surface area contributed by atoms with Gasteiger partial charge in [-0.25, -0.2) is 4.98 Å². The predicted molar refractivity (Wildman–Crippen MR) is 94.8 cm³/mol. The van der Waals surface area contributed by atoms with Crippen molar-refractivity contribution >= 4 is 17.3 Å². The van der Waals surface area contributed by atoms with Crippen LogP contribution in [0, 0.1) is 0 Å². The molecule has 0 aliphatic rings. The molecule has 0 fully saturated rings. The van der Waals surface area contributed by atoms with Crippen molar-refractivity contribution in [1.29, 1.82) is 0 Å². The highest BCUT2D eigenvalue weighted by Gasteiger charge is 2.21. The number of aromatic nitrogens is 3. The second-order valence-electron chi connectivity index (χ2n) is 5.49. The van der Waals surface area contributed by atoms with Gasteiger partial charge >= 0.3 is 0 Å². The Kier molecular flexibility index (Phi) is 5.55. The van der Waals surface area contributed by atoms with E-state index in [1.54, 1.807) is 42.1 Å². The van der Waals surface area contributed by atoms with E-state index in [-0.39, 0.29) is 29.9 Å². The Labute approximate surface area is 150 Å². The number of carbonyl (C=O) groups excluding carboxylic acids is 2. The van der Waals surface area contributed by atoms with Crippen molar-refractivity contribution in [1.82, 2.24) is 25.0 Å². The van der Waals surface area contributed by atoms with Crippen LogP contribution in [-0.2, 0) is 11.3 Å². The third kappa shape index (κ3) is 3.86. The van der Waals surface area contributed by atoms with E-state index in [4.69, 9.17) is 4.74 Å². The van der Waals surface area contributed by atoms with Crippen LogP contribution < -0.4 is 10.6 Å². The number of nitrogens with one attached hydrogen (secondary N) is 2. The molecule has 0 radical (unpaired) electrons. The summed E-state index contributed by atoms with van der Waals surface area (Å²) in [6.45, 7) is 1.04. The number of amides is 2. The first-order valence-corrected chi connectivity index (χ1v) is 8.13. The zero-order valence-corrected chi connectivity index (χ0v) is 14.3. The summed E-state index contributed by atoms with van der Waals surface area (Å²) in [5.41, 5.74) is 1.49. The molecule has 26 heavy (non-hydrogen) atoms. The van der Waals surface area contributed by atoms with E-state index in [1.165, 1.54) is 0 Å². The fraction of sp³-hybridized carbons (Fsp3) is 0.222. The molecule has 8 heteroatoms. The lowest BCUT2D eigenvalue weighted by molar-refractivity contribution is 0.0934. The fourth-order valence-corrected chi connectivity index (χ4v) is 2.47. The third-order valence-corrected chi connectivity index (χ3v) is 3.71. The Balaban J connectivity index is 1.81. The molecule has 0 atom stereocenters. The molecule has 2 N–H and O–H groups in total. The molecule has 3 aromatic rings. The Hall–Kier alpha value is -3.26. The highest BCUT2D eigenvalue weighted by molar-refractivity contribution is 6.02. The summed E-state index contributed by atoms with van der Waals surface area (Å²) in [6, 6.07) is 10.8. The topological polar surface area (TPSA) is 97.6 Å². The molecule has 2 amide bonds. The fourth-order valence-electron chi connectivity index (χ4n) is 2.47. The molecule has 0 aromatic carbocycles. The third-order valence-electron chi connectivity index (χ3n) is 3.71. The minimum absolute atomic E-state index is 0.147. The molecule has 0 saturated heterocycles. The van der Waals surface area contributed by atoms with Crippen LogP contribution in [-0.4, -0.2) is 46.4 Å². The van der Waals surface area contributed by atoms with Crippen LogP contribution in [0.25, 0.3) is 5.52 Å². The molecular weight excluding hydrogens is 334 g/mol. The molecular formula is C18H19N5O3. The maximum absolute atomic E-state index is 12.6. The molecule has 3 aromatic heterocycles. The summed E-state index contributed by atoms with van der Waals surface area (Å²) in [5.74, 6) is -0.587. The summed E-state index contributed by atoms with van der Waals surface area (Å²) in [7, 11) is 1.56. The van der Waals surface area contributed by atoms with E-state index < -0.39 is 0 Å². The average Bonchev–Trinajstić information content (AvgIpc) is 3.07. The summed E-state index contributed by atoms with van der Waals surface area (Å²) in [6.07, 6.45) is 3.36. The molecule has 0 aliphatic heterocycles. The quantitative estimate of drug-likeness (QED) is 0.619. The monoisotopic (exact) mass is 353 g/mol. The number of imidazole rings is 1. The van der Waals surface area contributed by atoms with Crippen molar-refractivity contribution in [2.45, 2.75) is 6.54 Å². The van der Waals surface area contributed by atoms with Crippen molar-refractivity contribution in [3.8, 4) is 0 Å². The first-order chi connectivity index (χ1) is 12.7. The number of methoxy groups -OCH3 is 1. The Bertz CT molecular complexity index is 908. The molecule has 3 rings (SSSR count). The molecule has 3 heterocycles. The normalized spacial score (nSPS) is 10.7. The SMILES string of the molecule is COCCNC(=O)c1nc(C(=O)NCc2ccccn2)n2ccccc12. The van der Waals surface area contributed by atoms with Gasteiger partial charge in [0.15, 0.2) is 5.69 Å². The number of hydrogen-bond donors (Lipinski definition) is 2. The van der Waals surface area contributed by atoms with Gasteiger partial charge in [0.25, 0.3) is 11.8 Å². The van der Waals surface area contributed by atoms with E-state index >= 15 is 0 Å². The van der Waals surface area contributed by atoms with Crippen molar-refractivity contribution in [3.63, 3.8) is 0 Å². The summed E-state index contributed by atoms with van der Waals surface area (Å²) < 4.78 is 6.52. The maximum Gasteiger partial charge on any atom is 0.288 e. The van der Waals surface area contributed by atoms with Crippen molar-refractivity contribution < 1.29 is 14.3 Å². The van der Waals surface area contributed by atoms with Gasteiger partial charge in [-0.3, -0.25) is 19.0 Å². The van der Waals surface area contributed by atoms with Crippen LogP contribution in [0.1, 0.15) is 26.8 Å². The number of carbonyl (C=O) groups is 2. The molecule has 134 valence electrons. The highest BCUT2D eigenvalue weighted by atomic mass is 16.5. The van der Waals surface area contributed by atoms with Gasteiger partial charge in [0.2, 0.25) is 5.82 Å². The van der Waals surface area contributed by atoms with Crippen molar-refractivity contribution in [3.05, 3.63) is 66.0 Å². The van der Waals surface area contributed by atoms with Crippen LogP contribution >= 0.6 is 0 Å². The van der Waals surface area contributed by atoms with Crippen LogP contribution in [0.4, 0.5) is 0 Å². The van der Waals surface area contributed by atoms with Crippen molar-refractivity contribution in [2.75, 3.05) is 20.3 Å². The minimum atomic E-state index is -0.382. The minimum Gasteiger partial charge on any atom is -0.383 e. The second kappa shape index (κ2) is 8.21. The highest BCUT2D eigenvalue weighted by Crippen LogP contribution is 2.13. The number of ether oxygens (including phenoxy) is 1. The molecule has 8 nitrogen and oxygen atoms in total. The van der Waals surface area contributed by atoms with Crippen LogP contribution in [0.3, 0.4) is 0 Å². The van der Waals surface area contributed by atoms with Gasteiger partial charge in [0.1, 0.15) is 0 Å². The standard InChI is InChI=1S/C18H19N5O3/c1-26-11-9-20-17(24)15-14-7-3-5-10-23(14)16(22-15)18(25)21-12-13-6-2-4-8-19-13/h2-8,10H,9,11-12H2,1H3,(H,20,24)(H,21,25). The first kappa shape index (κ1) is 17.6. The summed E-state index contributed by atoms with van der Waals surface area (Å²) in [5, 5.41) is 5.50. The number of nitrogens with zero attached hydrogens (tertiary/aromatic N) is 3. The summed E-state index contributed by atoms with van der Waals surface area (Å²) >= 11 is 0. The average molecular weight is 353 g/mol. The predicted octanol–water partition coefficient (Wildman–Crippen LogP) is 1.04. The zero-order chi connectivity index (χ0) is 18.4. The maximum atomic E-state index is 12.6. The van der Waals surface area contributed by atoms with Crippen molar-refractivity contribution in [2.24, 2.45) is 0 Å². The number of rotatable bonds is 7. The largest absolute Gasteiger partial charge is 0.383 e. The van der Waals surface area contributed by atoms with E-state index in [0.29, 0.717) is 18.7 Å². The van der Waals surface area contributed by atoms with E-state index in [2.05, 4.69) is 20.6 Å². The lowest BCUT2D eigenvalue weighted by atomic mass is 10.3. The number of fused-ring (bicyclic) bond motifs is 1. The lowest BCUT2D eigenvalue weighted by Gasteiger charge is -2.03. The molecule has 0 bridgehead atoms. The lowest BCUT2D eigenvalue weighted by Crippen LogP contribution is -2.28.